The van der Waals surface area contributed by atoms with Gasteiger partial charge in [0.15, 0.2) is 11.4 Å². The zero-order chi connectivity index (χ0) is 19.7. The molecule has 7 heteroatoms. The number of hydrogen-bond donors (Lipinski definition) is 0. The van der Waals surface area contributed by atoms with Crippen molar-refractivity contribution in [2.24, 2.45) is 0 Å². The summed E-state index contributed by atoms with van der Waals surface area (Å²) in [6.07, 6.45) is 3.50. The average Bonchev–Trinajstić information content (AvgIpc) is 2.70. The third kappa shape index (κ3) is 3.26. The van der Waals surface area contributed by atoms with Crippen LogP contribution >= 0.6 is 15.9 Å². The van der Waals surface area contributed by atoms with E-state index in [4.69, 9.17) is 9.47 Å². The lowest BCUT2D eigenvalue weighted by atomic mass is 9.87. The van der Waals surface area contributed by atoms with Crippen LogP contribution in [0.5, 0.6) is 5.75 Å². The molecule has 2 aromatic rings. The molecular formula is C21H23BrN2O4. The van der Waals surface area contributed by atoms with E-state index >= 15 is 0 Å². The number of likely N-dealkylation sites (N-methyl/N-ethyl adjacent to an activating group) is 1. The Morgan fingerprint density at radius 3 is 2.71 bits per heavy atom. The summed E-state index contributed by atoms with van der Waals surface area (Å²) in [7, 11) is 0. The van der Waals surface area contributed by atoms with Gasteiger partial charge in [0.2, 0.25) is 5.43 Å². The summed E-state index contributed by atoms with van der Waals surface area (Å²) >= 11 is 3.35. The van der Waals surface area contributed by atoms with Crippen molar-refractivity contribution in [1.82, 2.24) is 9.47 Å². The van der Waals surface area contributed by atoms with E-state index in [2.05, 4.69) is 15.9 Å². The van der Waals surface area contributed by atoms with Gasteiger partial charge in [0.1, 0.15) is 6.61 Å². The number of carbonyl (C=O) groups is 1. The van der Waals surface area contributed by atoms with Crippen LogP contribution in [0.15, 0.2) is 45.8 Å². The zero-order valence-corrected chi connectivity index (χ0v) is 17.4. The number of nitrogens with zero attached hydrogens (tertiary/aromatic N) is 2. The van der Waals surface area contributed by atoms with E-state index in [1.54, 1.807) is 6.20 Å². The highest BCUT2D eigenvalue weighted by molar-refractivity contribution is 9.10. The molecule has 3 heterocycles. The van der Waals surface area contributed by atoms with Gasteiger partial charge in [0.05, 0.1) is 16.6 Å². The highest BCUT2D eigenvalue weighted by Gasteiger charge is 2.47. The molecule has 1 spiro atoms. The molecule has 0 N–H and O–H groups in total. The van der Waals surface area contributed by atoms with E-state index in [-0.39, 0.29) is 29.2 Å². The summed E-state index contributed by atoms with van der Waals surface area (Å²) in [5.74, 6) is -0.0693. The van der Waals surface area contributed by atoms with Crippen molar-refractivity contribution in [3.63, 3.8) is 0 Å². The first-order valence-corrected chi connectivity index (χ1v) is 10.3. The third-order valence-electron chi connectivity index (χ3n) is 5.52. The Bertz CT molecular complexity index is 935. The molecular weight excluding hydrogens is 424 g/mol. The number of fused-ring (bicyclic) bond motifs is 1. The van der Waals surface area contributed by atoms with Crippen molar-refractivity contribution < 1.29 is 14.3 Å². The second kappa shape index (κ2) is 7.72. The molecule has 1 aromatic carbocycles. The molecule has 1 atom stereocenters. The minimum Gasteiger partial charge on any atom is -0.483 e. The maximum atomic E-state index is 13.4. The topological polar surface area (TPSA) is 60.8 Å². The summed E-state index contributed by atoms with van der Waals surface area (Å²) in [5, 5.41) is 0. The van der Waals surface area contributed by atoms with E-state index in [0.717, 1.165) is 25.0 Å². The molecule has 6 nitrogen and oxygen atoms in total. The van der Waals surface area contributed by atoms with Crippen molar-refractivity contribution in [3.05, 3.63) is 62.5 Å². The summed E-state index contributed by atoms with van der Waals surface area (Å²) in [6, 6.07) is 9.61. The number of halogens is 1. The number of hydrogen-bond acceptors (Lipinski definition) is 4. The maximum Gasteiger partial charge on any atom is 0.275 e. The number of ether oxygens (including phenoxy) is 2. The predicted molar refractivity (Wildman–Crippen MR) is 109 cm³/mol. The molecule has 1 saturated heterocycles. The van der Waals surface area contributed by atoms with Crippen LogP contribution in [0.2, 0.25) is 0 Å². The fourth-order valence-corrected chi connectivity index (χ4v) is 4.64. The minimum atomic E-state index is -0.373. The highest BCUT2D eigenvalue weighted by Crippen LogP contribution is 2.36. The number of benzene rings is 1. The number of rotatable bonds is 4. The lowest BCUT2D eigenvalue weighted by Gasteiger charge is -2.49. The van der Waals surface area contributed by atoms with Crippen molar-refractivity contribution >= 4 is 21.8 Å². The van der Waals surface area contributed by atoms with Crippen LogP contribution in [-0.2, 0) is 17.9 Å². The quantitative estimate of drug-likeness (QED) is 0.723. The van der Waals surface area contributed by atoms with E-state index in [0.29, 0.717) is 29.9 Å². The summed E-state index contributed by atoms with van der Waals surface area (Å²) in [5.41, 5.74) is 0.584. The molecule has 2 aliphatic heterocycles. The molecule has 0 radical (unpaired) electrons. The summed E-state index contributed by atoms with van der Waals surface area (Å²) in [6.45, 7) is 4.57. The van der Waals surface area contributed by atoms with Gasteiger partial charge in [-0.15, -0.1) is 0 Å². The van der Waals surface area contributed by atoms with Crippen LogP contribution in [0.1, 0.15) is 35.8 Å². The molecule has 2 aliphatic rings. The molecule has 0 saturated carbocycles. The van der Waals surface area contributed by atoms with Gasteiger partial charge in [0, 0.05) is 25.9 Å². The Kier molecular flexibility index (Phi) is 5.29. The fourth-order valence-electron chi connectivity index (χ4n) is 4.21. The maximum absolute atomic E-state index is 13.4. The summed E-state index contributed by atoms with van der Waals surface area (Å²) < 4.78 is 13.9. The van der Waals surface area contributed by atoms with Gasteiger partial charge in [0.25, 0.3) is 5.91 Å². The van der Waals surface area contributed by atoms with Crippen LogP contribution in [0.4, 0.5) is 0 Å². The van der Waals surface area contributed by atoms with Gasteiger partial charge in [-0.25, -0.2) is 0 Å². The Labute approximate surface area is 172 Å². The zero-order valence-electron chi connectivity index (χ0n) is 15.8. The SMILES string of the molecule is CCN1C(=O)c2c(OCc3ccccc3)c(=O)c(Br)cn2CC12CCCOC2. The van der Waals surface area contributed by atoms with Gasteiger partial charge >= 0.3 is 0 Å². The van der Waals surface area contributed by atoms with Crippen LogP contribution in [0.3, 0.4) is 0 Å². The molecule has 1 amide bonds. The average molecular weight is 447 g/mol. The lowest BCUT2D eigenvalue weighted by Crippen LogP contribution is -2.62. The molecule has 0 aliphatic carbocycles. The Morgan fingerprint density at radius 1 is 1.25 bits per heavy atom. The Hall–Kier alpha value is -2.12. The fraction of sp³-hybridized carbons (Fsp3) is 0.429. The van der Waals surface area contributed by atoms with Gasteiger partial charge in [-0.2, -0.15) is 0 Å². The van der Waals surface area contributed by atoms with Crippen molar-refractivity contribution in [3.8, 4) is 5.75 Å². The standard InChI is InChI=1S/C21H23BrN2O4/c1-2-24-20(26)17-19(28-12-15-7-4-3-5-8-15)18(25)16(22)11-23(17)13-21(24)9-6-10-27-14-21/h3-5,7-8,11H,2,6,9-10,12-14H2,1H3. The third-order valence-corrected chi connectivity index (χ3v) is 6.09. The number of aromatic nitrogens is 1. The number of pyridine rings is 1. The number of amides is 1. The van der Waals surface area contributed by atoms with Gasteiger partial charge in [-0.3, -0.25) is 9.59 Å². The second-order valence-corrected chi connectivity index (χ2v) is 8.17. The van der Waals surface area contributed by atoms with E-state index < -0.39 is 0 Å². The van der Waals surface area contributed by atoms with Gasteiger partial charge < -0.3 is 18.9 Å². The summed E-state index contributed by atoms with van der Waals surface area (Å²) in [4.78, 5) is 28.1. The van der Waals surface area contributed by atoms with Crippen LogP contribution in [0, 0.1) is 0 Å². The first-order chi connectivity index (χ1) is 13.6. The van der Waals surface area contributed by atoms with Crippen molar-refractivity contribution in [2.45, 2.75) is 38.5 Å². The molecule has 0 bridgehead atoms. The molecule has 1 unspecified atom stereocenters. The van der Waals surface area contributed by atoms with E-state index in [1.165, 1.54) is 0 Å². The van der Waals surface area contributed by atoms with Gasteiger partial charge in [-0.1, -0.05) is 30.3 Å². The lowest BCUT2D eigenvalue weighted by molar-refractivity contribution is -0.0527. The molecule has 1 fully saturated rings. The largest absolute Gasteiger partial charge is 0.483 e. The first-order valence-electron chi connectivity index (χ1n) is 9.55. The Morgan fingerprint density at radius 2 is 2.04 bits per heavy atom. The Balaban J connectivity index is 1.76. The van der Waals surface area contributed by atoms with Gasteiger partial charge in [-0.05, 0) is 41.3 Å². The predicted octanol–water partition coefficient (Wildman–Crippen LogP) is 3.21. The minimum absolute atomic E-state index is 0.105. The second-order valence-electron chi connectivity index (χ2n) is 7.32. The van der Waals surface area contributed by atoms with Crippen molar-refractivity contribution in [2.75, 3.05) is 19.8 Å². The molecule has 4 rings (SSSR count). The molecule has 148 valence electrons. The smallest absolute Gasteiger partial charge is 0.275 e. The number of carbonyl (C=O) groups excluding carboxylic acids is 1. The normalized spacial score (nSPS) is 21.6. The van der Waals surface area contributed by atoms with Crippen LogP contribution < -0.4 is 10.2 Å². The monoisotopic (exact) mass is 446 g/mol. The first kappa shape index (κ1) is 19.2. The van der Waals surface area contributed by atoms with Crippen LogP contribution in [-0.4, -0.2) is 40.7 Å². The van der Waals surface area contributed by atoms with E-state index in [9.17, 15) is 9.59 Å². The molecule has 1 aromatic heterocycles. The van der Waals surface area contributed by atoms with E-state index in [1.807, 2.05) is 46.7 Å². The molecule has 28 heavy (non-hydrogen) atoms. The van der Waals surface area contributed by atoms with Crippen LogP contribution in [0.25, 0.3) is 0 Å². The van der Waals surface area contributed by atoms with Crippen molar-refractivity contribution in [1.29, 1.82) is 0 Å². The highest BCUT2D eigenvalue weighted by atomic mass is 79.9.